The van der Waals surface area contributed by atoms with E-state index in [1.165, 1.54) is 13.3 Å². The van der Waals surface area contributed by atoms with E-state index in [1.54, 1.807) is 30.3 Å². The van der Waals surface area contributed by atoms with Crippen molar-refractivity contribution in [2.24, 2.45) is 5.10 Å². The van der Waals surface area contributed by atoms with Gasteiger partial charge >= 0.3 is 5.97 Å². The lowest BCUT2D eigenvalue weighted by atomic mass is 10.2. The molecule has 0 fully saturated rings. The van der Waals surface area contributed by atoms with Gasteiger partial charge in [-0.3, -0.25) is 4.79 Å². The molecule has 0 unspecified atom stereocenters. The van der Waals surface area contributed by atoms with Gasteiger partial charge in [0.15, 0.2) is 18.1 Å². The van der Waals surface area contributed by atoms with Crippen LogP contribution in [0, 0.1) is 0 Å². The van der Waals surface area contributed by atoms with Crippen LogP contribution in [-0.2, 0) is 9.53 Å². The van der Waals surface area contributed by atoms with Crippen LogP contribution < -0.4 is 14.9 Å². The summed E-state index contributed by atoms with van der Waals surface area (Å²) in [4.78, 5) is 23.5. The van der Waals surface area contributed by atoms with Gasteiger partial charge in [-0.2, -0.15) is 5.10 Å². The Labute approximate surface area is 179 Å². The summed E-state index contributed by atoms with van der Waals surface area (Å²) in [6, 6.07) is 10.5. The molecule has 0 heterocycles. The molecule has 7 nitrogen and oxygen atoms in total. The molecule has 0 radical (unpaired) electrons. The van der Waals surface area contributed by atoms with Crippen LogP contribution in [0.2, 0.25) is 0 Å². The Morgan fingerprint density at radius 1 is 1.14 bits per heavy atom. The Balaban J connectivity index is 2.14. The van der Waals surface area contributed by atoms with Crippen molar-refractivity contribution >= 4 is 50.0 Å². The summed E-state index contributed by atoms with van der Waals surface area (Å²) in [5.41, 5.74) is 3.61. The molecule has 0 aliphatic heterocycles. The number of hydrogen-bond donors (Lipinski definition) is 1. The minimum Gasteiger partial charge on any atom is -0.490 e. The maximum atomic E-state index is 12.2. The normalized spacial score (nSPS) is 10.6. The maximum Gasteiger partial charge on any atom is 0.343 e. The number of carbonyl (C=O) groups excluding carboxylic acids is 2. The molecular weight excluding hydrogens is 496 g/mol. The highest BCUT2D eigenvalue weighted by Gasteiger charge is 2.14. The second-order valence-electron chi connectivity index (χ2n) is 5.31. The van der Waals surface area contributed by atoms with Crippen molar-refractivity contribution in [2.45, 2.75) is 6.92 Å². The van der Waals surface area contributed by atoms with Gasteiger partial charge in [0, 0.05) is 4.47 Å². The Morgan fingerprint density at radius 2 is 1.89 bits per heavy atom. The zero-order valence-corrected chi connectivity index (χ0v) is 18.4. The molecule has 148 valence electrons. The number of hydrogen-bond acceptors (Lipinski definition) is 6. The molecule has 9 heteroatoms. The Hall–Kier alpha value is -2.39. The number of halogens is 2. The zero-order chi connectivity index (χ0) is 20.5. The first-order chi connectivity index (χ1) is 13.5. The third-order valence-corrected chi connectivity index (χ3v) is 4.67. The second kappa shape index (κ2) is 10.8. The van der Waals surface area contributed by atoms with Crippen molar-refractivity contribution in [3.05, 3.63) is 56.5 Å². The summed E-state index contributed by atoms with van der Waals surface area (Å²) in [5.74, 6) is -0.0402. The smallest absolute Gasteiger partial charge is 0.343 e. The van der Waals surface area contributed by atoms with Crippen molar-refractivity contribution in [1.29, 1.82) is 0 Å². The summed E-state index contributed by atoms with van der Waals surface area (Å²) in [7, 11) is 1.28. The molecule has 0 spiro atoms. The van der Waals surface area contributed by atoms with Gasteiger partial charge in [-0.15, -0.1) is 0 Å². The van der Waals surface area contributed by atoms with Crippen LogP contribution in [0.5, 0.6) is 11.5 Å². The largest absolute Gasteiger partial charge is 0.490 e. The summed E-state index contributed by atoms with van der Waals surface area (Å²) in [5, 5.41) is 3.98. The van der Waals surface area contributed by atoms with E-state index in [1.807, 2.05) is 13.0 Å². The number of benzene rings is 2. The van der Waals surface area contributed by atoms with Crippen LogP contribution in [-0.4, -0.2) is 38.4 Å². The van der Waals surface area contributed by atoms with Gasteiger partial charge in [0.25, 0.3) is 5.91 Å². The Kier molecular flexibility index (Phi) is 8.46. The highest BCUT2D eigenvalue weighted by molar-refractivity contribution is 9.10. The molecule has 2 aromatic rings. The molecule has 0 aromatic heterocycles. The molecule has 0 bridgehead atoms. The average Bonchev–Trinajstić information content (AvgIpc) is 2.67. The predicted molar refractivity (Wildman–Crippen MR) is 112 cm³/mol. The third-order valence-electron chi connectivity index (χ3n) is 3.39. The van der Waals surface area contributed by atoms with E-state index < -0.39 is 5.97 Å². The lowest BCUT2D eigenvalue weighted by Gasteiger charge is -2.13. The monoisotopic (exact) mass is 512 g/mol. The zero-order valence-electron chi connectivity index (χ0n) is 15.2. The Morgan fingerprint density at radius 3 is 2.57 bits per heavy atom. The van der Waals surface area contributed by atoms with Crippen LogP contribution in [0.25, 0.3) is 0 Å². The topological polar surface area (TPSA) is 86.2 Å². The lowest BCUT2D eigenvalue weighted by Crippen LogP contribution is -2.18. The van der Waals surface area contributed by atoms with Crippen molar-refractivity contribution in [3.8, 4) is 11.5 Å². The molecule has 0 atom stereocenters. The number of carbonyl (C=O) groups is 2. The molecule has 0 aliphatic rings. The number of rotatable bonds is 8. The lowest BCUT2D eigenvalue weighted by molar-refractivity contribution is -0.142. The number of nitrogens with zero attached hydrogens (tertiary/aromatic N) is 1. The SMILES string of the molecule is CCOc1cc(/C=N\NC(=O)c2ccccc2Br)cc(Br)c1OCC(=O)OC. The van der Waals surface area contributed by atoms with Gasteiger partial charge < -0.3 is 14.2 Å². The maximum absolute atomic E-state index is 12.2. The highest BCUT2D eigenvalue weighted by atomic mass is 79.9. The van der Waals surface area contributed by atoms with Crippen LogP contribution in [0.1, 0.15) is 22.8 Å². The van der Waals surface area contributed by atoms with Gasteiger partial charge in [-0.1, -0.05) is 12.1 Å². The van der Waals surface area contributed by atoms with Crippen LogP contribution >= 0.6 is 31.9 Å². The molecule has 2 aromatic carbocycles. The molecule has 2 rings (SSSR count). The highest BCUT2D eigenvalue weighted by Crippen LogP contribution is 2.36. The second-order valence-corrected chi connectivity index (χ2v) is 7.02. The number of methoxy groups -OCH3 is 1. The first-order valence-electron chi connectivity index (χ1n) is 8.20. The molecule has 1 amide bonds. The molecule has 28 heavy (non-hydrogen) atoms. The van der Waals surface area contributed by atoms with Gasteiger partial charge in [0.2, 0.25) is 0 Å². The number of amides is 1. The fourth-order valence-corrected chi connectivity index (χ4v) is 3.17. The third kappa shape index (κ3) is 6.07. The summed E-state index contributed by atoms with van der Waals surface area (Å²) >= 11 is 6.72. The summed E-state index contributed by atoms with van der Waals surface area (Å²) in [6.45, 7) is 1.99. The number of nitrogens with one attached hydrogen (secondary N) is 1. The van der Waals surface area contributed by atoms with Gasteiger partial charge in [0.1, 0.15) is 0 Å². The molecule has 0 saturated heterocycles. The van der Waals surface area contributed by atoms with E-state index in [2.05, 4.69) is 47.1 Å². The molecule has 0 saturated carbocycles. The van der Waals surface area contributed by atoms with E-state index in [4.69, 9.17) is 9.47 Å². The quantitative estimate of drug-likeness (QED) is 0.328. The standard InChI is InChI=1S/C19H18Br2N2O5/c1-3-27-16-9-12(8-15(21)18(16)28-11-17(24)26-2)10-22-23-19(25)13-6-4-5-7-14(13)20/h4-10H,3,11H2,1-2H3,(H,23,25)/b22-10-. The number of hydrazone groups is 1. The van der Waals surface area contributed by atoms with Crippen molar-refractivity contribution in [3.63, 3.8) is 0 Å². The van der Waals surface area contributed by atoms with E-state index in [9.17, 15) is 9.59 Å². The minimum atomic E-state index is -0.505. The average molecular weight is 514 g/mol. The predicted octanol–water partition coefficient (Wildman–Crippen LogP) is 3.93. The summed E-state index contributed by atoms with van der Waals surface area (Å²) < 4.78 is 16.9. The fraction of sp³-hybridized carbons (Fsp3) is 0.211. The Bertz CT molecular complexity index is 887. The van der Waals surface area contributed by atoms with Crippen LogP contribution in [0.4, 0.5) is 0 Å². The number of esters is 1. The van der Waals surface area contributed by atoms with Crippen molar-refractivity contribution < 1.29 is 23.8 Å². The van der Waals surface area contributed by atoms with Gasteiger partial charge in [-0.05, 0) is 68.6 Å². The van der Waals surface area contributed by atoms with Crippen LogP contribution in [0.15, 0.2) is 50.4 Å². The molecule has 1 N–H and O–H groups in total. The van der Waals surface area contributed by atoms with E-state index >= 15 is 0 Å². The van der Waals surface area contributed by atoms with Crippen molar-refractivity contribution in [2.75, 3.05) is 20.3 Å². The summed E-state index contributed by atoms with van der Waals surface area (Å²) in [6.07, 6.45) is 1.48. The van der Waals surface area contributed by atoms with Gasteiger partial charge in [0.05, 0.1) is 30.0 Å². The van der Waals surface area contributed by atoms with E-state index in [0.29, 0.717) is 38.2 Å². The number of ether oxygens (including phenoxy) is 3. The minimum absolute atomic E-state index is 0.245. The van der Waals surface area contributed by atoms with Crippen LogP contribution in [0.3, 0.4) is 0 Å². The van der Waals surface area contributed by atoms with E-state index in [-0.39, 0.29) is 12.5 Å². The van der Waals surface area contributed by atoms with Crippen molar-refractivity contribution in [1.82, 2.24) is 5.43 Å². The van der Waals surface area contributed by atoms with E-state index in [0.717, 1.165) is 0 Å². The first-order valence-corrected chi connectivity index (χ1v) is 9.78. The first kappa shape index (κ1) is 21.9. The fourth-order valence-electron chi connectivity index (χ4n) is 2.13. The molecule has 0 aliphatic carbocycles. The molecular formula is C19H18Br2N2O5. The van der Waals surface area contributed by atoms with Gasteiger partial charge in [-0.25, -0.2) is 10.2 Å².